The first-order valence-electron chi connectivity index (χ1n) is 9.20. The van der Waals surface area contributed by atoms with Crippen LogP contribution in [0.3, 0.4) is 0 Å². The molecule has 8 heteroatoms. The molecule has 2 aromatic heterocycles. The zero-order valence-electron chi connectivity index (χ0n) is 16.8. The second kappa shape index (κ2) is 11.4. The van der Waals surface area contributed by atoms with Gasteiger partial charge in [0.15, 0.2) is 5.96 Å². The molecular weight excluding hydrogens is 481 g/mol. The summed E-state index contributed by atoms with van der Waals surface area (Å²) in [6.45, 7) is 5.06. The molecule has 0 saturated carbocycles. The minimum absolute atomic E-state index is 0. The highest BCUT2D eigenvalue weighted by atomic mass is 127. The van der Waals surface area contributed by atoms with Crippen molar-refractivity contribution in [2.45, 2.75) is 33.0 Å². The van der Waals surface area contributed by atoms with Crippen molar-refractivity contribution in [2.24, 2.45) is 4.99 Å². The minimum atomic E-state index is 0. The normalized spacial score (nSPS) is 11.1. The fourth-order valence-corrected chi connectivity index (χ4v) is 2.51. The molecule has 154 valence electrons. The summed E-state index contributed by atoms with van der Waals surface area (Å²) < 4.78 is 11.1. The largest absolute Gasteiger partial charge is 0.475 e. The number of nitrogens with one attached hydrogen (secondary N) is 2. The number of oxazole rings is 1. The summed E-state index contributed by atoms with van der Waals surface area (Å²) in [6.07, 6.45) is 3.56. The van der Waals surface area contributed by atoms with Crippen LogP contribution in [0.2, 0.25) is 0 Å². The van der Waals surface area contributed by atoms with Gasteiger partial charge in [0.2, 0.25) is 11.8 Å². The van der Waals surface area contributed by atoms with Crippen LogP contribution in [0.5, 0.6) is 5.88 Å². The molecule has 0 saturated heterocycles. The molecule has 0 atom stereocenters. The summed E-state index contributed by atoms with van der Waals surface area (Å²) in [6, 6.07) is 13.7. The van der Waals surface area contributed by atoms with E-state index in [0.717, 1.165) is 16.8 Å². The third kappa shape index (κ3) is 7.04. The molecule has 3 aromatic rings. The quantitative estimate of drug-likeness (QED) is 0.286. The third-order valence-corrected chi connectivity index (χ3v) is 3.85. The van der Waals surface area contributed by atoms with Gasteiger partial charge in [-0.05, 0) is 31.5 Å². The lowest BCUT2D eigenvalue weighted by Gasteiger charge is -2.12. The summed E-state index contributed by atoms with van der Waals surface area (Å²) in [4.78, 5) is 13.0. The summed E-state index contributed by atoms with van der Waals surface area (Å²) in [5, 5.41) is 6.48. The Morgan fingerprint density at radius 1 is 1.10 bits per heavy atom. The van der Waals surface area contributed by atoms with Gasteiger partial charge in [0.25, 0.3) is 0 Å². The molecule has 0 amide bonds. The summed E-state index contributed by atoms with van der Waals surface area (Å²) in [5.41, 5.74) is 2.79. The Morgan fingerprint density at radius 3 is 2.52 bits per heavy atom. The second-order valence-electron chi connectivity index (χ2n) is 6.46. The molecule has 3 rings (SSSR count). The van der Waals surface area contributed by atoms with Crippen molar-refractivity contribution in [3.8, 4) is 17.3 Å². The van der Waals surface area contributed by atoms with Crippen molar-refractivity contribution in [2.75, 3.05) is 7.05 Å². The van der Waals surface area contributed by atoms with Crippen LogP contribution in [0, 0.1) is 0 Å². The van der Waals surface area contributed by atoms with E-state index in [0.29, 0.717) is 30.8 Å². The van der Waals surface area contributed by atoms with Crippen LogP contribution in [0.4, 0.5) is 0 Å². The Bertz CT molecular complexity index is 895. The molecule has 0 aliphatic heterocycles. The van der Waals surface area contributed by atoms with Crippen LogP contribution in [0.15, 0.2) is 64.3 Å². The van der Waals surface area contributed by atoms with Gasteiger partial charge in [0, 0.05) is 31.4 Å². The molecule has 0 aliphatic carbocycles. The van der Waals surface area contributed by atoms with Gasteiger partial charge in [-0.25, -0.2) is 9.97 Å². The SMILES string of the molecule is CN=C(NCc1ccc(OC(C)C)nc1)NCc1coc(-c2ccccc2)n1.I. The predicted octanol–water partition coefficient (Wildman–Crippen LogP) is 4.01. The molecule has 0 aliphatic rings. The Kier molecular flexibility index (Phi) is 8.91. The molecule has 2 N–H and O–H groups in total. The Balaban J connectivity index is 0.00000300. The number of halogens is 1. The van der Waals surface area contributed by atoms with Crippen LogP contribution in [-0.2, 0) is 13.1 Å². The van der Waals surface area contributed by atoms with E-state index in [9.17, 15) is 0 Å². The van der Waals surface area contributed by atoms with Gasteiger partial charge in [-0.3, -0.25) is 4.99 Å². The van der Waals surface area contributed by atoms with E-state index in [1.54, 1.807) is 19.5 Å². The molecule has 29 heavy (non-hydrogen) atoms. The van der Waals surface area contributed by atoms with Crippen LogP contribution >= 0.6 is 24.0 Å². The summed E-state index contributed by atoms with van der Waals surface area (Å²) in [5.74, 6) is 1.91. The number of benzene rings is 1. The van der Waals surface area contributed by atoms with E-state index < -0.39 is 0 Å². The number of nitrogens with zero attached hydrogens (tertiary/aromatic N) is 3. The van der Waals surface area contributed by atoms with Gasteiger partial charge >= 0.3 is 0 Å². The molecule has 1 aromatic carbocycles. The van der Waals surface area contributed by atoms with E-state index in [2.05, 4.69) is 25.6 Å². The average Bonchev–Trinajstić information content (AvgIpc) is 3.19. The van der Waals surface area contributed by atoms with Crippen molar-refractivity contribution < 1.29 is 9.15 Å². The first kappa shape index (κ1) is 22.7. The maximum absolute atomic E-state index is 5.55. The highest BCUT2D eigenvalue weighted by Crippen LogP contribution is 2.17. The Labute approximate surface area is 188 Å². The Hall–Kier alpha value is -2.62. The molecule has 0 fully saturated rings. The van der Waals surface area contributed by atoms with E-state index >= 15 is 0 Å². The zero-order valence-corrected chi connectivity index (χ0v) is 19.1. The van der Waals surface area contributed by atoms with E-state index in [-0.39, 0.29) is 30.1 Å². The van der Waals surface area contributed by atoms with Crippen molar-refractivity contribution in [3.63, 3.8) is 0 Å². The lowest BCUT2D eigenvalue weighted by molar-refractivity contribution is 0.232. The Morgan fingerprint density at radius 2 is 1.86 bits per heavy atom. The molecule has 7 nitrogen and oxygen atoms in total. The number of hydrogen-bond donors (Lipinski definition) is 2. The second-order valence-corrected chi connectivity index (χ2v) is 6.46. The standard InChI is InChI=1S/C21H25N5O2.HI/c1-15(2)28-19-10-9-16(11-23-19)12-24-21(22-3)25-13-18-14-27-20(26-18)17-7-5-4-6-8-17;/h4-11,14-15H,12-13H2,1-3H3,(H2,22,24,25);1H. The monoisotopic (exact) mass is 507 g/mol. The van der Waals surface area contributed by atoms with Crippen LogP contribution in [-0.4, -0.2) is 29.1 Å². The maximum atomic E-state index is 5.55. The number of aromatic nitrogens is 2. The van der Waals surface area contributed by atoms with Gasteiger partial charge < -0.3 is 19.8 Å². The highest BCUT2D eigenvalue weighted by Gasteiger charge is 2.07. The first-order valence-corrected chi connectivity index (χ1v) is 9.20. The van der Waals surface area contributed by atoms with Crippen LogP contribution in [0.1, 0.15) is 25.1 Å². The molecule has 0 bridgehead atoms. The van der Waals surface area contributed by atoms with Gasteiger partial charge in [-0.2, -0.15) is 0 Å². The highest BCUT2D eigenvalue weighted by molar-refractivity contribution is 14.0. The molecule has 0 radical (unpaired) electrons. The smallest absolute Gasteiger partial charge is 0.226 e. The average molecular weight is 507 g/mol. The van der Waals surface area contributed by atoms with E-state index in [4.69, 9.17) is 9.15 Å². The number of pyridine rings is 1. The van der Waals surface area contributed by atoms with Gasteiger partial charge in [0.05, 0.1) is 18.3 Å². The van der Waals surface area contributed by atoms with Crippen molar-refractivity contribution >= 4 is 29.9 Å². The third-order valence-electron chi connectivity index (χ3n) is 3.85. The first-order chi connectivity index (χ1) is 13.6. The van der Waals surface area contributed by atoms with Crippen LogP contribution in [0.25, 0.3) is 11.5 Å². The molecule has 2 heterocycles. The number of hydrogen-bond acceptors (Lipinski definition) is 5. The summed E-state index contributed by atoms with van der Waals surface area (Å²) >= 11 is 0. The topological polar surface area (TPSA) is 84.6 Å². The van der Waals surface area contributed by atoms with Gasteiger partial charge in [-0.15, -0.1) is 24.0 Å². The predicted molar refractivity (Wildman–Crippen MR) is 124 cm³/mol. The van der Waals surface area contributed by atoms with E-state index in [1.165, 1.54) is 0 Å². The van der Waals surface area contributed by atoms with Crippen LogP contribution < -0.4 is 15.4 Å². The number of ether oxygens (including phenoxy) is 1. The summed E-state index contributed by atoms with van der Waals surface area (Å²) in [7, 11) is 1.73. The van der Waals surface area contributed by atoms with Crippen molar-refractivity contribution in [3.05, 3.63) is 66.2 Å². The van der Waals surface area contributed by atoms with Crippen molar-refractivity contribution in [1.29, 1.82) is 0 Å². The molecule has 0 unspecified atom stereocenters. The minimum Gasteiger partial charge on any atom is -0.475 e. The fourth-order valence-electron chi connectivity index (χ4n) is 2.51. The molecule has 0 spiro atoms. The number of aliphatic imine (C=N–C) groups is 1. The fraction of sp³-hybridized carbons (Fsp3) is 0.286. The molecular formula is C21H26IN5O2. The lowest BCUT2D eigenvalue weighted by atomic mass is 10.2. The zero-order chi connectivity index (χ0) is 19.8. The van der Waals surface area contributed by atoms with E-state index in [1.807, 2.05) is 56.3 Å². The maximum Gasteiger partial charge on any atom is 0.226 e. The number of rotatable bonds is 7. The lowest BCUT2D eigenvalue weighted by Crippen LogP contribution is -2.36. The van der Waals surface area contributed by atoms with Gasteiger partial charge in [-0.1, -0.05) is 24.3 Å². The van der Waals surface area contributed by atoms with Crippen molar-refractivity contribution in [1.82, 2.24) is 20.6 Å². The van der Waals surface area contributed by atoms with Gasteiger partial charge in [0.1, 0.15) is 6.26 Å². The number of guanidine groups is 1.